The first-order valence-corrected chi connectivity index (χ1v) is 7.84. The fourth-order valence-electron chi connectivity index (χ4n) is 1.45. The van der Waals surface area contributed by atoms with Crippen molar-refractivity contribution >= 4 is 34.7 Å². The lowest BCUT2D eigenvalue weighted by molar-refractivity contribution is 0.527. The van der Waals surface area contributed by atoms with Crippen LogP contribution in [0.1, 0.15) is 30.7 Å². The van der Waals surface area contributed by atoms with Gasteiger partial charge in [-0.05, 0) is 43.5 Å². The van der Waals surface area contributed by atoms with E-state index in [4.69, 9.17) is 11.6 Å². The van der Waals surface area contributed by atoms with Crippen molar-refractivity contribution in [1.29, 1.82) is 0 Å². The van der Waals surface area contributed by atoms with Crippen LogP contribution in [0.4, 0.5) is 0 Å². The van der Waals surface area contributed by atoms with E-state index in [1.54, 1.807) is 11.3 Å². The molecule has 86 valence electrons. The van der Waals surface area contributed by atoms with Crippen molar-refractivity contribution in [2.75, 3.05) is 18.6 Å². The largest absolute Gasteiger partial charge is 0.309 e. The number of thiophene rings is 1. The lowest BCUT2D eigenvalue weighted by atomic mass is 10.2. The van der Waals surface area contributed by atoms with E-state index in [2.05, 4.69) is 24.6 Å². The van der Waals surface area contributed by atoms with E-state index in [-0.39, 0.29) is 0 Å². The van der Waals surface area contributed by atoms with Gasteiger partial charge in [0.05, 0.1) is 4.34 Å². The highest BCUT2D eigenvalue weighted by molar-refractivity contribution is 7.98. The smallest absolute Gasteiger partial charge is 0.0931 e. The van der Waals surface area contributed by atoms with Crippen LogP contribution in [0.3, 0.4) is 0 Å². The van der Waals surface area contributed by atoms with E-state index < -0.39 is 0 Å². The molecule has 1 unspecified atom stereocenters. The predicted molar refractivity (Wildman–Crippen MR) is 73.4 cm³/mol. The maximum absolute atomic E-state index is 5.93. The van der Waals surface area contributed by atoms with Crippen molar-refractivity contribution < 1.29 is 0 Å². The molecule has 1 atom stereocenters. The van der Waals surface area contributed by atoms with Crippen molar-refractivity contribution in [1.82, 2.24) is 5.32 Å². The maximum atomic E-state index is 5.93. The molecular formula is C11H18ClNS2. The van der Waals surface area contributed by atoms with E-state index in [9.17, 15) is 0 Å². The Morgan fingerprint density at radius 1 is 1.53 bits per heavy atom. The number of thioether (sulfide) groups is 1. The van der Waals surface area contributed by atoms with Gasteiger partial charge in [0, 0.05) is 10.9 Å². The summed E-state index contributed by atoms with van der Waals surface area (Å²) in [5.74, 6) is 1.23. The molecule has 4 heteroatoms. The molecule has 0 spiro atoms. The summed E-state index contributed by atoms with van der Waals surface area (Å²) < 4.78 is 0.884. The maximum Gasteiger partial charge on any atom is 0.0931 e. The summed E-state index contributed by atoms with van der Waals surface area (Å²) in [5, 5.41) is 3.57. The average Bonchev–Trinajstić information content (AvgIpc) is 2.65. The topological polar surface area (TPSA) is 12.0 Å². The summed E-state index contributed by atoms with van der Waals surface area (Å²) >= 11 is 9.52. The molecule has 0 bridgehead atoms. The third kappa shape index (κ3) is 4.77. The Morgan fingerprint density at radius 2 is 2.33 bits per heavy atom. The lowest BCUT2D eigenvalue weighted by Crippen LogP contribution is -2.21. The van der Waals surface area contributed by atoms with Gasteiger partial charge in [-0.3, -0.25) is 0 Å². The van der Waals surface area contributed by atoms with Crippen molar-refractivity contribution in [3.8, 4) is 0 Å². The van der Waals surface area contributed by atoms with Crippen LogP contribution in [-0.4, -0.2) is 18.6 Å². The Kier molecular flexibility index (Phi) is 6.73. The minimum atomic E-state index is 0.476. The average molecular weight is 264 g/mol. The van der Waals surface area contributed by atoms with Gasteiger partial charge in [-0.1, -0.05) is 18.5 Å². The summed E-state index contributed by atoms with van der Waals surface area (Å²) in [5.41, 5.74) is 0. The number of rotatable bonds is 7. The Bertz CT molecular complexity index is 275. The quantitative estimate of drug-likeness (QED) is 0.740. The molecule has 0 aromatic carbocycles. The van der Waals surface area contributed by atoms with Gasteiger partial charge in [0.25, 0.3) is 0 Å². The van der Waals surface area contributed by atoms with Crippen LogP contribution in [0.2, 0.25) is 4.34 Å². The van der Waals surface area contributed by atoms with E-state index >= 15 is 0 Å². The summed E-state index contributed by atoms with van der Waals surface area (Å²) in [7, 11) is 0. The second kappa shape index (κ2) is 7.55. The first-order valence-electron chi connectivity index (χ1n) is 5.25. The molecule has 0 fully saturated rings. The molecule has 15 heavy (non-hydrogen) atoms. The monoisotopic (exact) mass is 263 g/mol. The highest BCUT2D eigenvalue weighted by Gasteiger charge is 2.10. The molecular weight excluding hydrogens is 246 g/mol. The third-order valence-electron chi connectivity index (χ3n) is 2.26. The van der Waals surface area contributed by atoms with Gasteiger partial charge < -0.3 is 5.32 Å². The normalized spacial score (nSPS) is 13.0. The van der Waals surface area contributed by atoms with Crippen LogP contribution < -0.4 is 5.32 Å². The van der Waals surface area contributed by atoms with Crippen LogP contribution >= 0.6 is 34.7 Å². The Hall–Kier alpha value is 0.300. The molecule has 0 amide bonds. The molecule has 0 radical (unpaired) electrons. The first kappa shape index (κ1) is 13.4. The van der Waals surface area contributed by atoms with E-state index in [0.717, 1.165) is 17.3 Å². The van der Waals surface area contributed by atoms with Crippen LogP contribution in [0.5, 0.6) is 0 Å². The Balaban J connectivity index is 2.35. The van der Waals surface area contributed by atoms with Crippen LogP contribution in [0.15, 0.2) is 12.1 Å². The summed E-state index contributed by atoms with van der Waals surface area (Å²) in [6.07, 6.45) is 4.50. The molecule has 0 aliphatic heterocycles. The first-order chi connectivity index (χ1) is 7.27. The number of nitrogens with one attached hydrogen (secondary N) is 1. The fraction of sp³-hybridized carbons (Fsp3) is 0.636. The summed E-state index contributed by atoms with van der Waals surface area (Å²) in [6.45, 7) is 3.30. The molecule has 1 rings (SSSR count). The van der Waals surface area contributed by atoms with E-state index in [0.29, 0.717) is 6.04 Å². The van der Waals surface area contributed by atoms with Gasteiger partial charge >= 0.3 is 0 Å². The SMILES string of the molecule is CCC(NCCCSC)c1ccc(Cl)s1. The highest BCUT2D eigenvalue weighted by Crippen LogP contribution is 2.28. The molecule has 0 saturated carbocycles. The second-order valence-corrected chi connectivity index (χ2v) is 6.14. The standard InChI is InChI=1S/C11H18ClNS2/c1-3-9(13-7-4-8-14-2)10-5-6-11(12)15-10/h5-6,9,13H,3-4,7-8H2,1-2H3. The van der Waals surface area contributed by atoms with Crippen molar-refractivity contribution in [3.05, 3.63) is 21.3 Å². The highest BCUT2D eigenvalue weighted by atomic mass is 35.5. The van der Waals surface area contributed by atoms with Gasteiger partial charge in [0.2, 0.25) is 0 Å². The van der Waals surface area contributed by atoms with Crippen LogP contribution in [0.25, 0.3) is 0 Å². The van der Waals surface area contributed by atoms with Crippen molar-refractivity contribution in [2.45, 2.75) is 25.8 Å². The molecule has 0 aliphatic rings. The minimum absolute atomic E-state index is 0.476. The van der Waals surface area contributed by atoms with E-state index in [1.165, 1.54) is 17.1 Å². The number of hydrogen-bond donors (Lipinski definition) is 1. The third-order valence-corrected chi connectivity index (χ3v) is 4.30. The summed E-state index contributed by atoms with van der Waals surface area (Å²) in [4.78, 5) is 1.35. The van der Waals surface area contributed by atoms with Crippen molar-refractivity contribution in [2.24, 2.45) is 0 Å². The second-order valence-electron chi connectivity index (χ2n) is 3.40. The van der Waals surface area contributed by atoms with Gasteiger partial charge in [-0.2, -0.15) is 11.8 Å². The zero-order valence-electron chi connectivity index (χ0n) is 9.25. The molecule has 1 nitrogen and oxygen atoms in total. The lowest BCUT2D eigenvalue weighted by Gasteiger charge is -2.14. The number of halogens is 1. The van der Waals surface area contributed by atoms with Crippen LogP contribution in [-0.2, 0) is 0 Å². The van der Waals surface area contributed by atoms with Gasteiger partial charge in [0.1, 0.15) is 0 Å². The van der Waals surface area contributed by atoms with Gasteiger partial charge in [-0.15, -0.1) is 11.3 Å². The summed E-state index contributed by atoms with van der Waals surface area (Å²) in [6, 6.07) is 4.58. The molecule has 0 saturated heterocycles. The number of hydrogen-bond acceptors (Lipinski definition) is 3. The molecule has 0 aliphatic carbocycles. The molecule has 1 aromatic heterocycles. The fourth-order valence-corrected chi connectivity index (χ4v) is 3.11. The molecule has 1 heterocycles. The van der Waals surface area contributed by atoms with Crippen LogP contribution in [0, 0.1) is 0 Å². The van der Waals surface area contributed by atoms with E-state index in [1.807, 2.05) is 17.8 Å². The van der Waals surface area contributed by atoms with Crippen molar-refractivity contribution in [3.63, 3.8) is 0 Å². The Labute approximate surface area is 106 Å². The molecule has 1 N–H and O–H groups in total. The predicted octanol–water partition coefficient (Wildman–Crippen LogP) is 4.20. The minimum Gasteiger partial charge on any atom is -0.309 e. The molecule has 1 aromatic rings. The van der Waals surface area contributed by atoms with Gasteiger partial charge in [-0.25, -0.2) is 0 Å². The zero-order chi connectivity index (χ0) is 11.1. The Morgan fingerprint density at radius 3 is 2.87 bits per heavy atom. The zero-order valence-corrected chi connectivity index (χ0v) is 11.6. The van der Waals surface area contributed by atoms with Gasteiger partial charge in [0.15, 0.2) is 0 Å².